The van der Waals surface area contributed by atoms with E-state index in [1.54, 1.807) is 0 Å². The standard InChI is InChI=1S/C16H30N2O4/c1-15(19)14-22-13-12-21-11-3-4-16(20)5-6-18-9-7-17(2)8-10-18/h3-14H2,1-2H3. The van der Waals surface area contributed by atoms with Crippen LogP contribution in [0.2, 0.25) is 0 Å². The van der Waals surface area contributed by atoms with Crippen molar-refractivity contribution >= 4 is 11.6 Å². The normalized spacial score (nSPS) is 16.8. The maximum Gasteiger partial charge on any atom is 0.155 e. The quantitative estimate of drug-likeness (QED) is 0.492. The van der Waals surface area contributed by atoms with Crippen molar-refractivity contribution < 1.29 is 19.1 Å². The number of nitrogens with zero attached hydrogens (tertiary/aromatic N) is 2. The van der Waals surface area contributed by atoms with Crippen molar-refractivity contribution in [3.63, 3.8) is 0 Å². The van der Waals surface area contributed by atoms with Gasteiger partial charge in [-0.3, -0.25) is 9.59 Å². The molecule has 0 aliphatic carbocycles. The van der Waals surface area contributed by atoms with Gasteiger partial charge in [0.05, 0.1) is 13.2 Å². The van der Waals surface area contributed by atoms with E-state index in [2.05, 4.69) is 16.8 Å². The summed E-state index contributed by atoms with van der Waals surface area (Å²) in [6.45, 7) is 8.31. The molecule has 0 unspecified atom stereocenters. The van der Waals surface area contributed by atoms with E-state index in [0.29, 0.717) is 38.4 Å². The Morgan fingerprint density at radius 3 is 2.32 bits per heavy atom. The Hall–Kier alpha value is -0.820. The van der Waals surface area contributed by atoms with Gasteiger partial charge in [0.1, 0.15) is 12.4 Å². The molecule has 22 heavy (non-hydrogen) atoms. The first-order valence-corrected chi connectivity index (χ1v) is 8.15. The summed E-state index contributed by atoms with van der Waals surface area (Å²) in [7, 11) is 2.13. The first kappa shape index (κ1) is 19.2. The number of ketones is 2. The van der Waals surface area contributed by atoms with Gasteiger partial charge in [0.2, 0.25) is 0 Å². The Morgan fingerprint density at radius 2 is 1.64 bits per heavy atom. The van der Waals surface area contributed by atoms with Gasteiger partial charge in [-0.05, 0) is 20.4 Å². The largest absolute Gasteiger partial charge is 0.379 e. The number of likely N-dealkylation sites (N-methyl/N-ethyl adjacent to an activating group) is 1. The van der Waals surface area contributed by atoms with Crippen LogP contribution in [-0.4, -0.2) is 87.6 Å². The first-order chi connectivity index (χ1) is 10.6. The predicted octanol–water partition coefficient (Wildman–Crippen LogP) is 0.595. The SMILES string of the molecule is CC(=O)COCCOCCCC(=O)CCN1CCN(C)CC1. The van der Waals surface area contributed by atoms with Crippen molar-refractivity contribution in [3.05, 3.63) is 0 Å². The molecule has 1 saturated heterocycles. The van der Waals surface area contributed by atoms with Gasteiger partial charge in [-0.1, -0.05) is 0 Å². The lowest BCUT2D eigenvalue weighted by atomic mass is 10.1. The Kier molecular flexibility index (Phi) is 10.2. The molecular formula is C16H30N2O4. The molecule has 0 N–H and O–H groups in total. The highest BCUT2D eigenvalue weighted by atomic mass is 16.5. The van der Waals surface area contributed by atoms with Gasteiger partial charge in [0.25, 0.3) is 0 Å². The van der Waals surface area contributed by atoms with Crippen molar-refractivity contribution in [2.75, 3.05) is 66.2 Å². The summed E-state index contributed by atoms with van der Waals surface area (Å²) >= 11 is 0. The highest BCUT2D eigenvalue weighted by molar-refractivity contribution is 5.78. The number of rotatable bonds is 12. The maximum absolute atomic E-state index is 11.8. The van der Waals surface area contributed by atoms with Crippen LogP contribution in [0, 0.1) is 0 Å². The number of ether oxygens (including phenoxy) is 2. The summed E-state index contributed by atoms with van der Waals surface area (Å²) in [5.74, 6) is 0.335. The van der Waals surface area contributed by atoms with Crippen molar-refractivity contribution in [2.45, 2.75) is 26.2 Å². The van der Waals surface area contributed by atoms with Crippen LogP contribution in [0.5, 0.6) is 0 Å². The Labute approximate surface area is 133 Å². The summed E-state index contributed by atoms with van der Waals surface area (Å²) in [4.78, 5) is 27.1. The maximum atomic E-state index is 11.8. The van der Waals surface area contributed by atoms with E-state index in [4.69, 9.17) is 9.47 Å². The van der Waals surface area contributed by atoms with Crippen molar-refractivity contribution in [1.29, 1.82) is 0 Å². The van der Waals surface area contributed by atoms with Gasteiger partial charge in [0.15, 0.2) is 5.78 Å². The highest BCUT2D eigenvalue weighted by Gasteiger charge is 2.14. The summed E-state index contributed by atoms with van der Waals surface area (Å²) in [5.41, 5.74) is 0. The van der Waals surface area contributed by atoms with E-state index in [0.717, 1.165) is 39.1 Å². The number of hydrogen-bond donors (Lipinski definition) is 0. The molecule has 0 saturated carbocycles. The van der Waals surface area contributed by atoms with Crippen molar-refractivity contribution in [1.82, 2.24) is 9.80 Å². The molecule has 0 amide bonds. The van der Waals surface area contributed by atoms with Crippen LogP contribution in [-0.2, 0) is 19.1 Å². The third-order valence-electron chi connectivity index (χ3n) is 3.72. The zero-order valence-corrected chi connectivity index (χ0v) is 14.0. The first-order valence-electron chi connectivity index (χ1n) is 8.15. The molecule has 1 aliphatic heterocycles. The van der Waals surface area contributed by atoms with Gasteiger partial charge in [-0.2, -0.15) is 0 Å². The second kappa shape index (κ2) is 11.7. The third kappa shape index (κ3) is 10.00. The summed E-state index contributed by atoms with van der Waals surface area (Å²) in [6, 6.07) is 0. The molecule has 6 heteroatoms. The van der Waals surface area contributed by atoms with Crippen LogP contribution < -0.4 is 0 Å². The van der Waals surface area contributed by atoms with E-state index >= 15 is 0 Å². The molecule has 0 radical (unpaired) electrons. The van der Waals surface area contributed by atoms with Crippen LogP contribution in [0.4, 0.5) is 0 Å². The van der Waals surface area contributed by atoms with Crippen LogP contribution in [0.25, 0.3) is 0 Å². The lowest BCUT2D eigenvalue weighted by molar-refractivity contribution is -0.122. The average Bonchev–Trinajstić information content (AvgIpc) is 2.49. The molecule has 128 valence electrons. The third-order valence-corrected chi connectivity index (χ3v) is 3.72. The summed E-state index contributed by atoms with van der Waals surface area (Å²) in [6.07, 6.45) is 1.99. The van der Waals surface area contributed by atoms with Gasteiger partial charge in [-0.15, -0.1) is 0 Å². The predicted molar refractivity (Wildman–Crippen MR) is 85.1 cm³/mol. The number of Topliss-reactive ketones (excluding diaryl/α,β-unsaturated/α-hetero) is 2. The van der Waals surface area contributed by atoms with Gasteiger partial charge < -0.3 is 19.3 Å². The van der Waals surface area contributed by atoms with Gasteiger partial charge >= 0.3 is 0 Å². The molecule has 0 aromatic rings. The number of carbonyl (C=O) groups excluding carboxylic acids is 2. The van der Waals surface area contributed by atoms with E-state index < -0.39 is 0 Å². The molecule has 1 heterocycles. The van der Waals surface area contributed by atoms with E-state index in [1.165, 1.54) is 6.92 Å². The van der Waals surface area contributed by atoms with E-state index in [-0.39, 0.29) is 12.4 Å². The molecular weight excluding hydrogens is 284 g/mol. The van der Waals surface area contributed by atoms with Crippen LogP contribution >= 0.6 is 0 Å². The number of carbonyl (C=O) groups is 2. The highest BCUT2D eigenvalue weighted by Crippen LogP contribution is 2.03. The Balaban J connectivity index is 1.88. The van der Waals surface area contributed by atoms with Gasteiger partial charge in [0, 0.05) is 52.2 Å². The lowest BCUT2D eigenvalue weighted by Gasteiger charge is -2.32. The molecule has 0 aromatic heterocycles. The zero-order valence-electron chi connectivity index (χ0n) is 14.0. The van der Waals surface area contributed by atoms with Crippen molar-refractivity contribution in [3.8, 4) is 0 Å². The van der Waals surface area contributed by atoms with E-state index in [1.807, 2.05) is 0 Å². The van der Waals surface area contributed by atoms with E-state index in [9.17, 15) is 9.59 Å². The van der Waals surface area contributed by atoms with Crippen LogP contribution in [0.3, 0.4) is 0 Å². The second-order valence-electron chi connectivity index (χ2n) is 5.90. The minimum absolute atomic E-state index is 0.0194. The van der Waals surface area contributed by atoms with Crippen LogP contribution in [0.1, 0.15) is 26.2 Å². The average molecular weight is 314 g/mol. The fourth-order valence-corrected chi connectivity index (χ4v) is 2.29. The lowest BCUT2D eigenvalue weighted by Crippen LogP contribution is -2.45. The minimum Gasteiger partial charge on any atom is -0.379 e. The molecule has 1 rings (SSSR count). The molecule has 0 atom stereocenters. The molecule has 0 spiro atoms. The number of hydrogen-bond acceptors (Lipinski definition) is 6. The Bertz CT molecular complexity index is 328. The Morgan fingerprint density at radius 1 is 0.955 bits per heavy atom. The van der Waals surface area contributed by atoms with Gasteiger partial charge in [-0.25, -0.2) is 0 Å². The fraction of sp³-hybridized carbons (Fsp3) is 0.875. The van der Waals surface area contributed by atoms with Crippen molar-refractivity contribution in [2.24, 2.45) is 0 Å². The number of piperazine rings is 1. The second-order valence-corrected chi connectivity index (χ2v) is 5.90. The fourth-order valence-electron chi connectivity index (χ4n) is 2.29. The summed E-state index contributed by atoms with van der Waals surface area (Å²) in [5, 5.41) is 0. The van der Waals surface area contributed by atoms with Crippen LogP contribution in [0.15, 0.2) is 0 Å². The molecule has 0 aromatic carbocycles. The molecule has 1 fully saturated rings. The minimum atomic E-state index is 0.0194. The monoisotopic (exact) mass is 314 g/mol. The zero-order chi connectivity index (χ0) is 16.2. The molecule has 0 bridgehead atoms. The summed E-state index contributed by atoms with van der Waals surface area (Å²) < 4.78 is 10.5. The molecule has 6 nitrogen and oxygen atoms in total. The molecule has 1 aliphatic rings. The topological polar surface area (TPSA) is 59.1 Å². The smallest absolute Gasteiger partial charge is 0.155 e.